The normalized spacial score (nSPS) is 10.6. The number of thiophene rings is 1. The lowest BCUT2D eigenvalue weighted by atomic mass is 10.1. The van der Waals surface area contributed by atoms with E-state index in [9.17, 15) is 14.9 Å². The predicted octanol–water partition coefficient (Wildman–Crippen LogP) is 5.40. The van der Waals surface area contributed by atoms with Crippen molar-refractivity contribution in [3.05, 3.63) is 105 Å². The summed E-state index contributed by atoms with van der Waals surface area (Å²) in [6, 6.07) is 23.2. The Labute approximate surface area is 212 Å². The molecule has 0 spiro atoms. The summed E-state index contributed by atoms with van der Waals surface area (Å²) in [5.41, 5.74) is 7.44. The number of nitrogens with two attached hydrogens (primary N) is 1. The number of carbonyl (C=O) groups excluding carboxylic acids is 1. The Morgan fingerprint density at radius 3 is 2.53 bits per heavy atom. The first-order chi connectivity index (χ1) is 17.5. The molecule has 0 aliphatic carbocycles. The zero-order chi connectivity index (χ0) is 25.3. The van der Waals surface area contributed by atoms with E-state index in [0.717, 1.165) is 34.1 Å². The van der Waals surface area contributed by atoms with E-state index in [2.05, 4.69) is 15.6 Å². The largest absolute Gasteiger partial charge is 0.447 e. The molecule has 0 saturated heterocycles. The number of nitrogens with one attached hydrogen (secondary N) is 2. The third kappa shape index (κ3) is 6.80. The molecule has 4 N–H and O–H groups in total. The summed E-state index contributed by atoms with van der Waals surface area (Å²) < 4.78 is 5.81. The molecule has 0 aliphatic heterocycles. The molecular weight excluding hydrogens is 478 g/mol. The molecule has 0 aliphatic rings. The van der Waals surface area contributed by atoms with Crippen LogP contribution in [0.1, 0.15) is 27.2 Å². The molecule has 4 rings (SSSR count). The van der Waals surface area contributed by atoms with Crippen molar-refractivity contribution in [1.82, 2.24) is 10.3 Å². The molecule has 0 atom stereocenters. The van der Waals surface area contributed by atoms with Gasteiger partial charge in [0.2, 0.25) is 0 Å². The Morgan fingerprint density at radius 2 is 1.81 bits per heavy atom. The van der Waals surface area contributed by atoms with Crippen LogP contribution in [0.25, 0.3) is 0 Å². The van der Waals surface area contributed by atoms with E-state index in [1.807, 2.05) is 42.5 Å². The molecule has 2 heterocycles. The van der Waals surface area contributed by atoms with Crippen LogP contribution < -0.4 is 21.1 Å². The van der Waals surface area contributed by atoms with Gasteiger partial charge < -0.3 is 21.1 Å². The van der Waals surface area contributed by atoms with E-state index in [1.165, 1.54) is 23.5 Å². The standard InChI is InChI=1S/C26H25N5O4S/c27-25-22(26(32)29-17-21-12-15-24(36-21)35-20-6-2-1-3-7-20)13-14-23(30-25)28-16-4-5-18-8-10-19(11-9-18)31(33)34/h1-3,6-15H,4-5,16-17H2,(H,29,32)(H3,27,28,30). The van der Waals surface area contributed by atoms with E-state index < -0.39 is 4.92 Å². The fraction of sp³-hybridized carbons (Fsp3) is 0.154. The lowest BCUT2D eigenvalue weighted by Gasteiger charge is -2.10. The number of nitrogen functional groups attached to an aromatic ring is 1. The average Bonchev–Trinajstić information content (AvgIpc) is 3.33. The second-order valence-electron chi connectivity index (χ2n) is 7.90. The van der Waals surface area contributed by atoms with Crippen LogP contribution in [0.5, 0.6) is 10.8 Å². The summed E-state index contributed by atoms with van der Waals surface area (Å²) >= 11 is 1.46. The monoisotopic (exact) mass is 503 g/mol. The van der Waals surface area contributed by atoms with Crippen molar-refractivity contribution in [2.75, 3.05) is 17.6 Å². The third-order valence-electron chi connectivity index (χ3n) is 5.29. The van der Waals surface area contributed by atoms with Gasteiger partial charge in [-0.3, -0.25) is 14.9 Å². The Morgan fingerprint density at radius 1 is 1.03 bits per heavy atom. The number of para-hydroxylation sites is 1. The molecule has 1 amide bonds. The Hall–Kier alpha value is -4.44. The maximum Gasteiger partial charge on any atom is 0.269 e. The molecular formula is C26H25N5O4S. The first kappa shape index (κ1) is 24.7. The predicted molar refractivity (Wildman–Crippen MR) is 141 cm³/mol. The Balaban J connectivity index is 1.22. The number of hydrogen-bond donors (Lipinski definition) is 3. The quantitative estimate of drug-likeness (QED) is 0.142. The van der Waals surface area contributed by atoms with Gasteiger partial charge in [-0.2, -0.15) is 0 Å². The van der Waals surface area contributed by atoms with Gasteiger partial charge in [0.15, 0.2) is 5.06 Å². The van der Waals surface area contributed by atoms with E-state index >= 15 is 0 Å². The molecule has 36 heavy (non-hydrogen) atoms. The van der Waals surface area contributed by atoms with Crippen molar-refractivity contribution < 1.29 is 14.5 Å². The fourth-order valence-electron chi connectivity index (χ4n) is 3.43. The molecule has 0 radical (unpaired) electrons. The molecule has 9 nitrogen and oxygen atoms in total. The van der Waals surface area contributed by atoms with E-state index in [0.29, 0.717) is 24.5 Å². The van der Waals surface area contributed by atoms with Gasteiger partial charge >= 0.3 is 0 Å². The first-order valence-corrected chi connectivity index (χ1v) is 12.1. The molecule has 184 valence electrons. The zero-order valence-electron chi connectivity index (χ0n) is 19.3. The van der Waals surface area contributed by atoms with Gasteiger partial charge in [0.05, 0.1) is 17.0 Å². The van der Waals surface area contributed by atoms with Crippen LogP contribution in [0.15, 0.2) is 78.9 Å². The summed E-state index contributed by atoms with van der Waals surface area (Å²) in [4.78, 5) is 28.2. The van der Waals surface area contributed by atoms with Crippen LogP contribution in [0.3, 0.4) is 0 Å². The first-order valence-electron chi connectivity index (χ1n) is 11.3. The maximum atomic E-state index is 12.6. The average molecular weight is 504 g/mol. The van der Waals surface area contributed by atoms with Crippen molar-refractivity contribution in [2.45, 2.75) is 19.4 Å². The minimum atomic E-state index is -0.411. The maximum absolute atomic E-state index is 12.6. The van der Waals surface area contributed by atoms with Gasteiger partial charge in [0.1, 0.15) is 17.4 Å². The number of benzene rings is 2. The SMILES string of the molecule is Nc1nc(NCCCc2ccc([N+](=O)[O-])cc2)ccc1C(=O)NCc1ccc(Oc2ccccc2)s1. The number of hydrogen-bond acceptors (Lipinski definition) is 8. The van der Waals surface area contributed by atoms with E-state index in [-0.39, 0.29) is 17.4 Å². The van der Waals surface area contributed by atoms with Crippen molar-refractivity contribution in [2.24, 2.45) is 0 Å². The van der Waals surface area contributed by atoms with Gasteiger partial charge in [0.25, 0.3) is 11.6 Å². The second-order valence-corrected chi connectivity index (χ2v) is 9.03. The number of anilines is 2. The lowest BCUT2D eigenvalue weighted by Crippen LogP contribution is -2.24. The summed E-state index contributed by atoms with van der Waals surface area (Å²) in [7, 11) is 0. The van der Waals surface area contributed by atoms with Gasteiger partial charge in [-0.25, -0.2) is 4.98 Å². The topological polar surface area (TPSA) is 132 Å². The number of amides is 1. The number of nitro benzene ring substituents is 1. The van der Waals surface area contributed by atoms with Crippen LogP contribution in [-0.4, -0.2) is 22.4 Å². The lowest BCUT2D eigenvalue weighted by molar-refractivity contribution is -0.384. The van der Waals surface area contributed by atoms with Crippen molar-refractivity contribution >= 4 is 34.6 Å². The van der Waals surface area contributed by atoms with Crippen LogP contribution >= 0.6 is 11.3 Å². The molecule has 0 unspecified atom stereocenters. The highest BCUT2D eigenvalue weighted by atomic mass is 32.1. The highest BCUT2D eigenvalue weighted by molar-refractivity contribution is 7.13. The van der Waals surface area contributed by atoms with E-state index in [4.69, 9.17) is 10.5 Å². The van der Waals surface area contributed by atoms with Gasteiger partial charge in [-0.1, -0.05) is 30.3 Å². The van der Waals surface area contributed by atoms with Crippen molar-refractivity contribution in [1.29, 1.82) is 0 Å². The summed E-state index contributed by atoms with van der Waals surface area (Å²) in [5, 5.41) is 17.5. The summed E-state index contributed by atoms with van der Waals surface area (Å²) in [6.45, 7) is 0.991. The molecule has 4 aromatic rings. The second kappa shape index (κ2) is 11.8. The van der Waals surface area contributed by atoms with Crippen LogP contribution in [0, 0.1) is 10.1 Å². The number of nitro groups is 1. The number of ether oxygens (including phenoxy) is 1. The molecule has 2 aromatic heterocycles. The van der Waals surface area contributed by atoms with Crippen LogP contribution in [-0.2, 0) is 13.0 Å². The number of rotatable bonds is 11. The number of carbonyl (C=O) groups is 1. The Kier molecular flexibility index (Phi) is 8.09. The van der Waals surface area contributed by atoms with Crippen LogP contribution in [0.2, 0.25) is 0 Å². The highest BCUT2D eigenvalue weighted by Crippen LogP contribution is 2.29. The minimum Gasteiger partial charge on any atom is -0.447 e. The zero-order valence-corrected chi connectivity index (χ0v) is 20.2. The third-order valence-corrected chi connectivity index (χ3v) is 6.25. The Bertz CT molecular complexity index is 1330. The fourth-order valence-corrected chi connectivity index (χ4v) is 4.25. The summed E-state index contributed by atoms with van der Waals surface area (Å²) in [6.07, 6.45) is 1.57. The molecule has 10 heteroatoms. The molecule has 0 saturated carbocycles. The number of nitrogens with zero attached hydrogens (tertiary/aromatic N) is 2. The van der Waals surface area contributed by atoms with Gasteiger partial charge in [0, 0.05) is 23.6 Å². The highest BCUT2D eigenvalue weighted by Gasteiger charge is 2.12. The van der Waals surface area contributed by atoms with Crippen molar-refractivity contribution in [3.63, 3.8) is 0 Å². The number of non-ortho nitro benzene ring substituents is 1. The van der Waals surface area contributed by atoms with Gasteiger partial charge in [-0.05, 0) is 54.8 Å². The number of aryl methyl sites for hydroxylation is 1. The number of aromatic nitrogens is 1. The smallest absolute Gasteiger partial charge is 0.269 e. The molecule has 0 fully saturated rings. The summed E-state index contributed by atoms with van der Waals surface area (Å²) in [5.74, 6) is 1.18. The van der Waals surface area contributed by atoms with Crippen molar-refractivity contribution in [3.8, 4) is 10.8 Å². The molecule has 0 bridgehead atoms. The van der Waals surface area contributed by atoms with Crippen LogP contribution in [0.4, 0.5) is 17.3 Å². The van der Waals surface area contributed by atoms with Gasteiger partial charge in [-0.15, -0.1) is 11.3 Å². The molecule has 2 aromatic carbocycles. The number of pyridine rings is 1. The minimum absolute atomic E-state index is 0.0814. The van der Waals surface area contributed by atoms with E-state index in [1.54, 1.807) is 24.3 Å².